The highest BCUT2D eigenvalue weighted by atomic mass is 16.3. The Morgan fingerprint density at radius 2 is 2.31 bits per heavy atom. The van der Waals surface area contributed by atoms with Crippen molar-refractivity contribution in [1.82, 2.24) is 0 Å². The van der Waals surface area contributed by atoms with E-state index in [2.05, 4.69) is 6.92 Å². The van der Waals surface area contributed by atoms with Gasteiger partial charge in [0.25, 0.3) is 0 Å². The van der Waals surface area contributed by atoms with Gasteiger partial charge in [-0.2, -0.15) is 0 Å². The molecule has 0 bridgehead atoms. The molecule has 13 heavy (non-hydrogen) atoms. The van der Waals surface area contributed by atoms with Gasteiger partial charge in [0.2, 0.25) is 0 Å². The monoisotopic (exact) mass is 180 g/mol. The fraction of sp³-hybridized carbons (Fsp3) is 0.545. The molecule has 72 valence electrons. The van der Waals surface area contributed by atoms with Crippen molar-refractivity contribution in [2.75, 3.05) is 0 Å². The zero-order chi connectivity index (χ0) is 9.84. The van der Waals surface area contributed by atoms with E-state index in [-0.39, 0.29) is 11.7 Å². The maximum absolute atomic E-state index is 11.8. The molecule has 0 saturated heterocycles. The number of carbonyl (C=O) groups excluding carboxylic acids is 1. The second-order valence-corrected chi connectivity index (χ2v) is 3.44. The summed E-state index contributed by atoms with van der Waals surface area (Å²) in [5.41, 5.74) is 0.737. The number of ketones is 1. The van der Waals surface area contributed by atoms with E-state index in [0.29, 0.717) is 0 Å². The lowest BCUT2D eigenvalue weighted by molar-refractivity contribution is 0.0922. The first-order valence-electron chi connectivity index (χ1n) is 4.75. The van der Waals surface area contributed by atoms with Gasteiger partial charge in [-0.3, -0.25) is 4.79 Å². The molecule has 0 amide bonds. The van der Waals surface area contributed by atoms with E-state index in [1.807, 2.05) is 13.8 Å². The molecule has 0 aliphatic carbocycles. The van der Waals surface area contributed by atoms with Crippen molar-refractivity contribution in [2.24, 2.45) is 5.92 Å². The molecule has 1 atom stereocenters. The Hall–Kier alpha value is -1.05. The number of hydrogen-bond acceptors (Lipinski definition) is 2. The summed E-state index contributed by atoms with van der Waals surface area (Å²) >= 11 is 0. The predicted octanol–water partition coefficient (Wildman–Crippen LogP) is 3.21. The Balaban J connectivity index is 2.73. The Kier molecular flexibility index (Phi) is 3.29. The Morgan fingerprint density at radius 3 is 2.77 bits per heavy atom. The number of rotatable bonds is 4. The third-order valence-corrected chi connectivity index (χ3v) is 2.29. The number of aryl methyl sites for hydroxylation is 1. The molecule has 0 saturated carbocycles. The summed E-state index contributed by atoms with van der Waals surface area (Å²) in [7, 11) is 0. The zero-order valence-electron chi connectivity index (χ0n) is 8.46. The van der Waals surface area contributed by atoms with Crippen LogP contribution in [-0.2, 0) is 0 Å². The van der Waals surface area contributed by atoms with E-state index in [9.17, 15) is 4.79 Å². The van der Waals surface area contributed by atoms with Crippen LogP contribution in [0.2, 0.25) is 0 Å². The maximum atomic E-state index is 11.8. The maximum Gasteiger partial charge on any atom is 0.169 e. The van der Waals surface area contributed by atoms with Crippen molar-refractivity contribution in [1.29, 1.82) is 0 Å². The topological polar surface area (TPSA) is 30.2 Å². The summed E-state index contributed by atoms with van der Waals surface area (Å²) in [6.07, 6.45) is 3.56. The van der Waals surface area contributed by atoms with E-state index in [1.54, 1.807) is 12.3 Å². The van der Waals surface area contributed by atoms with Gasteiger partial charge >= 0.3 is 0 Å². The highest BCUT2D eigenvalue weighted by molar-refractivity contribution is 5.98. The van der Waals surface area contributed by atoms with Gasteiger partial charge in [0.05, 0.1) is 11.8 Å². The minimum Gasteiger partial charge on any atom is -0.469 e. The first-order chi connectivity index (χ1) is 6.16. The summed E-state index contributed by atoms with van der Waals surface area (Å²) in [5.74, 6) is 1.04. The molecule has 1 heterocycles. The van der Waals surface area contributed by atoms with Crippen molar-refractivity contribution in [3.8, 4) is 0 Å². The summed E-state index contributed by atoms with van der Waals surface area (Å²) in [4.78, 5) is 11.8. The smallest absolute Gasteiger partial charge is 0.169 e. The highest BCUT2D eigenvalue weighted by Crippen LogP contribution is 2.17. The molecule has 1 rings (SSSR count). The molecule has 1 unspecified atom stereocenters. The van der Waals surface area contributed by atoms with Gasteiger partial charge < -0.3 is 4.42 Å². The molecule has 0 fully saturated rings. The van der Waals surface area contributed by atoms with Crippen LogP contribution < -0.4 is 0 Å². The minimum atomic E-state index is 0.112. The van der Waals surface area contributed by atoms with Crippen molar-refractivity contribution in [3.63, 3.8) is 0 Å². The number of hydrogen-bond donors (Lipinski definition) is 0. The summed E-state index contributed by atoms with van der Waals surface area (Å²) in [6.45, 7) is 5.89. The van der Waals surface area contributed by atoms with E-state index < -0.39 is 0 Å². The summed E-state index contributed by atoms with van der Waals surface area (Å²) < 4.78 is 5.09. The molecule has 2 nitrogen and oxygen atoms in total. The Bertz CT molecular complexity index is 286. The van der Waals surface area contributed by atoms with Gasteiger partial charge in [-0.1, -0.05) is 20.3 Å². The lowest BCUT2D eigenvalue weighted by Gasteiger charge is -2.07. The molecule has 0 spiro atoms. The quantitative estimate of drug-likeness (QED) is 0.666. The normalized spacial score (nSPS) is 12.8. The lowest BCUT2D eigenvalue weighted by Crippen LogP contribution is -2.11. The molecular formula is C11H16O2. The fourth-order valence-corrected chi connectivity index (χ4v) is 1.47. The van der Waals surface area contributed by atoms with Gasteiger partial charge in [0.15, 0.2) is 5.78 Å². The SMILES string of the molecule is CCCC(C)C(=O)c1ccoc1C. The Morgan fingerprint density at radius 1 is 1.62 bits per heavy atom. The molecule has 0 aliphatic heterocycles. The largest absolute Gasteiger partial charge is 0.469 e. The molecular weight excluding hydrogens is 164 g/mol. The average molecular weight is 180 g/mol. The van der Waals surface area contributed by atoms with E-state index in [0.717, 1.165) is 24.2 Å². The van der Waals surface area contributed by atoms with Gasteiger partial charge in [0.1, 0.15) is 5.76 Å². The van der Waals surface area contributed by atoms with Crippen LogP contribution in [-0.4, -0.2) is 5.78 Å². The lowest BCUT2D eigenvalue weighted by atomic mass is 9.96. The van der Waals surface area contributed by atoms with E-state index in [1.165, 1.54) is 0 Å². The number of furan rings is 1. The van der Waals surface area contributed by atoms with Gasteiger partial charge in [-0.15, -0.1) is 0 Å². The second kappa shape index (κ2) is 4.26. The van der Waals surface area contributed by atoms with Crippen molar-refractivity contribution < 1.29 is 9.21 Å². The van der Waals surface area contributed by atoms with Crippen LogP contribution >= 0.6 is 0 Å². The summed E-state index contributed by atoms with van der Waals surface area (Å²) in [6, 6.07) is 1.75. The molecule has 0 aromatic carbocycles. The van der Waals surface area contributed by atoms with Crippen LogP contribution in [0.25, 0.3) is 0 Å². The van der Waals surface area contributed by atoms with Crippen LogP contribution in [0.1, 0.15) is 42.8 Å². The summed E-state index contributed by atoms with van der Waals surface area (Å²) in [5, 5.41) is 0. The molecule has 2 heteroatoms. The highest BCUT2D eigenvalue weighted by Gasteiger charge is 2.17. The van der Waals surface area contributed by atoms with Gasteiger partial charge in [0, 0.05) is 5.92 Å². The standard InChI is InChI=1S/C11H16O2/c1-4-5-8(2)11(12)10-6-7-13-9(10)3/h6-8H,4-5H2,1-3H3. The predicted molar refractivity (Wildman–Crippen MR) is 51.8 cm³/mol. The first-order valence-corrected chi connectivity index (χ1v) is 4.75. The number of carbonyl (C=O) groups is 1. The zero-order valence-corrected chi connectivity index (χ0v) is 8.46. The van der Waals surface area contributed by atoms with Crippen LogP contribution in [0.15, 0.2) is 16.7 Å². The molecule has 1 aromatic heterocycles. The number of Topliss-reactive ketones (excluding diaryl/α,β-unsaturated/α-hetero) is 1. The third kappa shape index (κ3) is 2.20. The van der Waals surface area contributed by atoms with E-state index >= 15 is 0 Å². The molecule has 0 aliphatic rings. The Labute approximate surface area is 78.9 Å². The second-order valence-electron chi connectivity index (χ2n) is 3.44. The van der Waals surface area contributed by atoms with Crippen molar-refractivity contribution in [3.05, 3.63) is 23.7 Å². The average Bonchev–Trinajstić information content (AvgIpc) is 2.50. The minimum absolute atomic E-state index is 0.112. The van der Waals surface area contributed by atoms with Crippen LogP contribution in [0, 0.1) is 12.8 Å². The van der Waals surface area contributed by atoms with E-state index in [4.69, 9.17) is 4.42 Å². The molecule has 0 N–H and O–H groups in total. The van der Waals surface area contributed by atoms with Crippen molar-refractivity contribution >= 4 is 5.78 Å². The van der Waals surface area contributed by atoms with Gasteiger partial charge in [-0.05, 0) is 19.4 Å². The van der Waals surface area contributed by atoms with Crippen molar-refractivity contribution in [2.45, 2.75) is 33.6 Å². The van der Waals surface area contributed by atoms with Crippen LogP contribution in [0.4, 0.5) is 0 Å². The van der Waals surface area contributed by atoms with Crippen LogP contribution in [0.3, 0.4) is 0 Å². The van der Waals surface area contributed by atoms with Crippen LogP contribution in [0.5, 0.6) is 0 Å². The van der Waals surface area contributed by atoms with Gasteiger partial charge in [-0.25, -0.2) is 0 Å². The molecule has 1 aromatic rings. The molecule has 0 radical (unpaired) electrons. The first kappa shape index (κ1) is 10.0. The third-order valence-electron chi connectivity index (χ3n) is 2.29. The fourth-order valence-electron chi connectivity index (χ4n) is 1.47.